The van der Waals surface area contributed by atoms with Crippen molar-refractivity contribution in [2.75, 3.05) is 0 Å². The third-order valence-electron chi connectivity index (χ3n) is 1.89. The van der Waals surface area contributed by atoms with Crippen molar-refractivity contribution >= 4 is 5.78 Å². The summed E-state index contributed by atoms with van der Waals surface area (Å²) in [7, 11) is 0. The number of carbonyl (C=O) groups is 1. The second-order valence-electron chi connectivity index (χ2n) is 2.79. The normalized spacial score (nSPS) is 10.6. The summed E-state index contributed by atoms with van der Waals surface area (Å²) in [5, 5.41) is 0. The van der Waals surface area contributed by atoms with Crippen LogP contribution in [-0.4, -0.2) is 5.78 Å². The standard InChI is InChI=1S/C10H9F3O/c1-2-8(14)6-4-3-5-7(9(6)11)10(12)13/h3-5,10H,2H2,1H3. The molecule has 0 radical (unpaired) electrons. The van der Waals surface area contributed by atoms with Gasteiger partial charge in [0.25, 0.3) is 6.43 Å². The molecule has 1 aromatic carbocycles. The fourth-order valence-corrected chi connectivity index (χ4v) is 1.12. The molecule has 0 amide bonds. The van der Waals surface area contributed by atoms with E-state index < -0.39 is 23.6 Å². The average Bonchev–Trinajstić information content (AvgIpc) is 2.16. The molecule has 0 aromatic heterocycles. The Labute approximate surface area is 79.5 Å². The fraction of sp³-hybridized carbons (Fsp3) is 0.300. The van der Waals surface area contributed by atoms with Gasteiger partial charge in [-0.25, -0.2) is 13.2 Å². The van der Waals surface area contributed by atoms with Gasteiger partial charge in [0.05, 0.1) is 11.1 Å². The van der Waals surface area contributed by atoms with Crippen LogP contribution >= 0.6 is 0 Å². The molecular weight excluding hydrogens is 193 g/mol. The zero-order valence-corrected chi connectivity index (χ0v) is 7.56. The van der Waals surface area contributed by atoms with E-state index in [0.717, 1.165) is 6.07 Å². The summed E-state index contributed by atoms with van der Waals surface area (Å²) in [5.74, 6) is -1.57. The number of hydrogen-bond acceptors (Lipinski definition) is 1. The maximum Gasteiger partial charge on any atom is 0.266 e. The zero-order chi connectivity index (χ0) is 10.7. The summed E-state index contributed by atoms with van der Waals surface area (Å²) in [4.78, 5) is 11.1. The van der Waals surface area contributed by atoms with Crippen molar-refractivity contribution in [3.63, 3.8) is 0 Å². The Kier molecular flexibility index (Phi) is 3.28. The molecule has 0 unspecified atom stereocenters. The summed E-state index contributed by atoms with van der Waals surface area (Å²) in [5.41, 5.74) is -0.977. The first kappa shape index (κ1) is 10.8. The molecule has 0 bridgehead atoms. The Balaban J connectivity index is 3.20. The topological polar surface area (TPSA) is 17.1 Å². The zero-order valence-electron chi connectivity index (χ0n) is 7.56. The van der Waals surface area contributed by atoms with Crippen LogP contribution in [0.15, 0.2) is 18.2 Å². The highest BCUT2D eigenvalue weighted by atomic mass is 19.3. The van der Waals surface area contributed by atoms with Crippen molar-refractivity contribution in [1.29, 1.82) is 0 Å². The number of halogens is 3. The van der Waals surface area contributed by atoms with Crippen molar-refractivity contribution in [2.45, 2.75) is 19.8 Å². The number of benzene rings is 1. The lowest BCUT2D eigenvalue weighted by Crippen LogP contribution is -2.03. The molecule has 0 atom stereocenters. The van der Waals surface area contributed by atoms with Crippen LogP contribution in [0.2, 0.25) is 0 Å². The maximum absolute atomic E-state index is 13.3. The SMILES string of the molecule is CCC(=O)c1cccc(C(F)F)c1F. The average molecular weight is 202 g/mol. The van der Waals surface area contributed by atoms with Gasteiger partial charge in [0.1, 0.15) is 5.82 Å². The van der Waals surface area contributed by atoms with E-state index in [1.807, 2.05) is 0 Å². The lowest BCUT2D eigenvalue weighted by atomic mass is 10.0. The number of Topliss-reactive ketones (excluding diaryl/α,β-unsaturated/α-hetero) is 1. The molecule has 0 heterocycles. The second-order valence-corrected chi connectivity index (χ2v) is 2.79. The molecule has 76 valence electrons. The van der Waals surface area contributed by atoms with Crippen LogP contribution in [0.1, 0.15) is 35.7 Å². The predicted octanol–water partition coefficient (Wildman–Crippen LogP) is 3.36. The van der Waals surface area contributed by atoms with Gasteiger partial charge in [-0.3, -0.25) is 4.79 Å². The molecular formula is C10H9F3O. The van der Waals surface area contributed by atoms with E-state index >= 15 is 0 Å². The Morgan fingerprint density at radius 1 is 1.43 bits per heavy atom. The maximum atomic E-state index is 13.3. The van der Waals surface area contributed by atoms with Crippen LogP contribution in [0.3, 0.4) is 0 Å². The van der Waals surface area contributed by atoms with Gasteiger partial charge in [-0.2, -0.15) is 0 Å². The minimum absolute atomic E-state index is 0.101. The summed E-state index contributed by atoms with van der Waals surface area (Å²) >= 11 is 0. The van der Waals surface area contributed by atoms with Gasteiger partial charge in [-0.05, 0) is 6.07 Å². The molecule has 1 rings (SSSR count). The highest BCUT2D eigenvalue weighted by Crippen LogP contribution is 2.24. The van der Waals surface area contributed by atoms with Crippen LogP contribution in [0, 0.1) is 5.82 Å². The Morgan fingerprint density at radius 2 is 2.07 bits per heavy atom. The highest BCUT2D eigenvalue weighted by molar-refractivity contribution is 5.96. The Bertz CT molecular complexity index is 347. The molecule has 4 heteroatoms. The minimum Gasteiger partial charge on any atom is -0.294 e. The number of alkyl halides is 2. The van der Waals surface area contributed by atoms with E-state index in [-0.39, 0.29) is 12.0 Å². The predicted molar refractivity (Wildman–Crippen MR) is 46.0 cm³/mol. The molecule has 0 aliphatic heterocycles. The summed E-state index contributed by atoms with van der Waals surface area (Å²) in [6.45, 7) is 1.55. The minimum atomic E-state index is -2.89. The van der Waals surface area contributed by atoms with Crippen LogP contribution < -0.4 is 0 Å². The number of ketones is 1. The van der Waals surface area contributed by atoms with E-state index in [9.17, 15) is 18.0 Å². The lowest BCUT2D eigenvalue weighted by molar-refractivity contribution is 0.0982. The first-order valence-electron chi connectivity index (χ1n) is 4.17. The number of carbonyl (C=O) groups excluding carboxylic acids is 1. The van der Waals surface area contributed by atoms with Gasteiger partial charge in [0, 0.05) is 6.42 Å². The van der Waals surface area contributed by atoms with Gasteiger partial charge in [-0.1, -0.05) is 19.1 Å². The molecule has 0 aliphatic carbocycles. The fourth-order valence-electron chi connectivity index (χ4n) is 1.12. The smallest absolute Gasteiger partial charge is 0.266 e. The first-order valence-corrected chi connectivity index (χ1v) is 4.17. The summed E-state index contributed by atoms with van der Waals surface area (Å²) in [6.07, 6.45) is -2.79. The molecule has 1 nitrogen and oxygen atoms in total. The number of hydrogen-bond donors (Lipinski definition) is 0. The van der Waals surface area contributed by atoms with E-state index in [0.29, 0.717) is 0 Å². The van der Waals surface area contributed by atoms with Gasteiger partial charge in [-0.15, -0.1) is 0 Å². The highest BCUT2D eigenvalue weighted by Gasteiger charge is 2.18. The molecule has 0 saturated heterocycles. The monoisotopic (exact) mass is 202 g/mol. The molecule has 0 spiro atoms. The van der Waals surface area contributed by atoms with Crippen molar-refractivity contribution in [3.8, 4) is 0 Å². The molecule has 1 aromatic rings. The van der Waals surface area contributed by atoms with Crippen LogP contribution in [0.5, 0.6) is 0 Å². The van der Waals surface area contributed by atoms with Crippen molar-refractivity contribution in [2.24, 2.45) is 0 Å². The van der Waals surface area contributed by atoms with E-state index in [1.54, 1.807) is 6.92 Å². The van der Waals surface area contributed by atoms with Gasteiger partial charge in [0.15, 0.2) is 5.78 Å². The van der Waals surface area contributed by atoms with Gasteiger partial charge >= 0.3 is 0 Å². The summed E-state index contributed by atoms with van der Waals surface area (Å²) < 4.78 is 37.7. The first-order chi connectivity index (χ1) is 6.57. The van der Waals surface area contributed by atoms with Crippen molar-refractivity contribution < 1.29 is 18.0 Å². The van der Waals surface area contributed by atoms with Crippen LogP contribution in [0.25, 0.3) is 0 Å². The Morgan fingerprint density at radius 3 is 2.57 bits per heavy atom. The van der Waals surface area contributed by atoms with Crippen molar-refractivity contribution in [1.82, 2.24) is 0 Å². The number of rotatable bonds is 3. The molecule has 0 N–H and O–H groups in total. The van der Waals surface area contributed by atoms with Gasteiger partial charge < -0.3 is 0 Å². The van der Waals surface area contributed by atoms with Crippen LogP contribution in [-0.2, 0) is 0 Å². The second kappa shape index (κ2) is 4.26. The third kappa shape index (κ3) is 1.95. The quantitative estimate of drug-likeness (QED) is 0.687. The summed E-state index contributed by atoms with van der Waals surface area (Å²) in [6, 6.07) is 3.45. The lowest BCUT2D eigenvalue weighted by Gasteiger charge is -2.05. The molecule has 0 fully saturated rings. The van der Waals surface area contributed by atoms with E-state index in [1.165, 1.54) is 12.1 Å². The van der Waals surface area contributed by atoms with E-state index in [2.05, 4.69) is 0 Å². The molecule has 0 aliphatic rings. The van der Waals surface area contributed by atoms with Crippen LogP contribution in [0.4, 0.5) is 13.2 Å². The largest absolute Gasteiger partial charge is 0.294 e. The van der Waals surface area contributed by atoms with Crippen molar-refractivity contribution in [3.05, 3.63) is 35.1 Å². The van der Waals surface area contributed by atoms with E-state index in [4.69, 9.17) is 0 Å². The molecule has 0 saturated carbocycles. The molecule has 14 heavy (non-hydrogen) atoms. The third-order valence-corrected chi connectivity index (χ3v) is 1.89. The van der Waals surface area contributed by atoms with Gasteiger partial charge in [0.2, 0.25) is 0 Å². The Hall–Kier alpha value is -1.32.